The van der Waals surface area contributed by atoms with Crippen LogP contribution in [0.25, 0.3) is 5.69 Å². The van der Waals surface area contributed by atoms with E-state index in [9.17, 15) is 0 Å². The van der Waals surface area contributed by atoms with E-state index in [0.29, 0.717) is 0 Å². The Kier molecular flexibility index (Phi) is 2.04. The molecule has 77 valence electrons. The van der Waals surface area contributed by atoms with Crippen LogP contribution < -0.4 is 5.43 Å². The fourth-order valence-corrected chi connectivity index (χ4v) is 1.64. The highest BCUT2D eigenvalue weighted by molar-refractivity contribution is 6.08. The smallest absolute Gasteiger partial charge is 0.113 e. The Bertz CT molecular complexity index is 551. The molecule has 0 atom stereocenters. The Morgan fingerprint density at radius 2 is 1.88 bits per heavy atom. The summed E-state index contributed by atoms with van der Waals surface area (Å²) < 4.78 is 1.85. The number of allylic oxidation sites excluding steroid dienone is 1. The molecule has 16 heavy (non-hydrogen) atoms. The lowest BCUT2D eigenvalue weighted by Crippen LogP contribution is -2.06. The monoisotopic (exact) mass is 209 g/mol. The van der Waals surface area contributed by atoms with Crippen LogP contribution in [0.1, 0.15) is 5.69 Å². The van der Waals surface area contributed by atoms with Crippen molar-refractivity contribution in [2.75, 3.05) is 0 Å². The highest BCUT2D eigenvalue weighted by Gasteiger charge is 2.11. The minimum atomic E-state index is 0.835. The third-order valence-corrected chi connectivity index (χ3v) is 2.37. The van der Waals surface area contributed by atoms with Crippen LogP contribution in [0, 0.1) is 0 Å². The predicted molar refractivity (Wildman–Crippen MR) is 61.4 cm³/mol. The molecule has 0 N–H and O–H groups in total. The molecule has 0 bridgehead atoms. The Balaban J connectivity index is 2.09. The largest absolute Gasteiger partial charge is 0.231 e. The normalized spacial score (nSPS) is 13.6. The van der Waals surface area contributed by atoms with Gasteiger partial charge in [0.05, 0.1) is 23.8 Å². The van der Waals surface area contributed by atoms with E-state index in [-0.39, 0.29) is 0 Å². The number of benzene rings is 1. The Morgan fingerprint density at radius 1 is 1.00 bits per heavy atom. The maximum Gasteiger partial charge on any atom is 0.113 e. The summed E-state index contributed by atoms with van der Waals surface area (Å²) in [6.07, 6.45) is 5.31. The van der Waals surface area contributed by atoms with Crippen LogP contribution in [0.3, 0.4) is 0 Å². The van der Waals surface area contributed by atoms with E-state index < -0.39 is 0 Å². The van der Waals surface area contributed by atoms with Crippen molar-refractivity contribution in [3.05, 3.63) is 60.6 Å². The molecule has 0 saturated heterocycles. The van der Waals surface area contributed by atoms with Gasteiger partial charge < -0.3 is 0 Å². The summed E-state index contributed by atoms with van der Waals surface area (Å²) in [4.78, 5) is 0. The van der Waals surface area contributed by atoms with Crippen LogP contribution in [0.2, 0.25) is 0 Å². The van der Waals surface area contributed by atoms with Crippen molar-refractivity contribution in [3.8, 4) is 5.69 Å². The van der Waals surface area contributed by atoms with Gasteiger partial charge >= 0.3 is 0 Å². The maximum absolute atomic E-state index is 4.29. The Morgan fingerprint density at radius 3 is 2.62 bits per heavy atom. The van der Waals surface area contributed by atoms with E-state index in [1.54, 1.807) is 12.4 Å². The lowest BCUT2D eigenvalue weighted by molar-refractivity contribution is 0.868. The predicted octanol–water partition coefficient (Wildman–Crippen LogP) is 1.71. The zero-order chi connectivity index (χ0) is 10.8. The molecule has 2 heterocycles. The van der Waals surface area contributed by atoms with Gasteiger partial charge in [-0.3, -0.25) is 0 Å². The SMILES string of the molecule is C1=CC(c2ccnn2-c2ccccc2)=N[N]1. The molecular formula is C12H9N4. The molecule has 0 aliphatic carbocycles. The second kappa shape index (κ2) is 3.66. The van der Waals surface area contributed by atoms with E-state index >= 15 is 0 Å². The third-order valence-electron chi connectivity index (χ3n) is 2.37. The number of hydrogen-bond acceptors (Lipinski definition) is 2. The van der Waals surface area contributed by atoms with Gasteiger partial charge in [-0.2, -0.15) is 10.5 Å². The molecule has 2 aromatic rings. The van der Waals surface area contributed by atoms with E-state index in [1.165, 1.54) is 0 Å². The van der Waals surface area contributed by atoms with Gasteiger partial charge in [0.1, 0.15) is 5.71 Å². The van der Waals surface area contributed by atoms with Crippen molar-refractivity contribution in [3.63, 3.8) is 0 Å². The van der Waals surface area contributed by atoms with Crippen molar-refractivity contribution < 1.29 is 0 Å². The molecular weight excluding hydrogens is 200 g/mol. The number of hydrogen-bond donors (Lipinski definition) is 0. The van der Waals surface area contributed by atoms with Gasteiger partial charge in [-0.1, -0.05) is 18.2 Å². The van der Waals surface area contributed by atoms with Gasteiger partial charge in [-0.25, -0.2) is 4.68 Å². The van der Waals surface area contributed by atoms with Gasteiger partial charge in [0, 0.05) is 0 Å². The molecule has 1 radical (unpaired) electrons. The van der Waals surface area contributed by atoms with Crippen LogP contribution in [-0.2, 0) is 0 Å². The summed E-state index contributed by atoms with van der Waals surface area (Å²) in [5, 5.41) is 8.33. The fourth-order valence-electron chi connectivity index (χ4n) is 1.64. The van der Waals surface area contributed by atoms with Crippen molar-refractivity contribution >= 4 is 5.71 Å². The zero-order valence-electron chi connectivity index (χ0n) is 8.49. The van der Waals surface area contributed by atoms with Gasteiger partial charge in [-0.05, 0) is 24.3 Å². The Labute approximate surface area is 92.9 Å². The average Bonchev–Trinajstić information content (AvgIpc) is 3.01. The third kappa shape index (κ3) is 1.40. The lowest BCUT2D eigenvalue weighted by atomic mass is 10.2. The quantitative estimate of drug-likeness (QED) is 0.742. The number of rotatable bonds is 2. The first kappa shape index (κ1) is 8.91. The zero-order valence-corrected chi connectivity index (χ0v) is 8.49. The van der Waals surface area contributed by atoms with E-state index in [2.05, 4.69) is 15.6 Å². The summed E-state index contributed by atoms with van der Waals surface area (Å²) in [7, 11) is 0. The molecule has 0 saturated carbocycles. The van der Waals surface area contributed by atoms with Crippen molar-refractivity contribution in [1.82, 2.24) is 15.2 Å². The molecule has 0 unspecified atom stereocenters. The summed E-state index contributed by atoms with van der Waals surface area (Å²) in [5.41, 5.74) is 6.62. The maximum atomic E-state index is 4.29. The molecule has 3 rings (SSSR count). The van der Waals surface area contributed by atoms with Crippen molar-refractivity contribution in [2.24, 2.45) is 5.10 Å². The second-order valence-electron chi connectivity index (χ2n) is 3.38. The summed E-state index contributed by atoms with van der Waals surface area (Å²) in [5.74, 6) is 0. The molecule has 1 aromatic heterocycles. The average molecular weight is 209 g/mol. The highest BCUT2D eigenvalue weighted by atomic mass is 15.3. The topological polar surface area (TPSA) is 44.3 Å². The first-order chi connectivity index (χ1) is 7.95. The standard InChI is InChI=1S/C12H9N4/c1-2-4-10(5-3-1)16-12(7-9-14-16)11-6-8-13-15-11/h1-9H. The van der Waals surface area contributed by atoms with Gasteiger partial charge in [0.25, 0.3) is 0 Å². The molecule has 0 amide bonds. The van der Waals surface area contributed by atoms with Gasteiger partial charge in [0.15, 0.2) is 0 Å². The molecule has 4 nitrogen and oxygen atoms in total. The number of para-hydroxylation sites is 1. The first-order valence-corrected chi connectivity index (χ1v) is 4.99. The van der Waals surface area contributed by atoms with Crippen LogP contribution in [-0.4, -0.2) is 15.5 Å². The summed E-state index contributed by atoms with van der Waals surface area (Å²) >= 11 is 0. The number of nitrogens with zero attached hydrogens (tertiary/aromatic N) is 4. The van der Waals surface area contributed by atoms with E-state index in [1.807, 2.05) is 47.2 Å². The van der Waals surface area contributed by atoms with Crippen molar-refractivity contribution in [2.45, 2.75) is 0 Å². The highest BCUT2D eigenvalue weighted by Crippen LogP contribution is 2.12. The van der Waals surface area contributed by atoms with Gasteiger partial charge in [0.2, 0.25) is 0 Å². The lowest BCUT2D eigenvalue weighted by Gasteiger charge is -2.05. The molecule has 1 aliphatic rings. The molecule has 1 aromatic carbocycles. The van der Waals surface area contributed by atoms with E-state index in [0.717, 1.165) is 17.1 Å². The Hall–Kier alpha value is -2.36. The van der Waals surface area contributed by atoms with Crippen LogP contribution in [0.5, 0.6) is 0 Å². The molecule has 0 spiro atoms. The first-order valence-electron chi connectivity index (χ1n) is 4.99. The van der Waals surface area contributed by atoms with E-state index in [4.69, 9.17) is 0 Å². The summed E-state index contributed by atoms with van der Waals surface area (Å²) in [6, 6.07) is 11.9. The van der Waals surface area contributed by atoms with Gasteiger partial charge in [-0.15, -0.1) is 5.10 Å². The van der Waals surface area contributed by atoms with Crippen LogP contribution in [0.4, 0.5) is 0 Å². The van der Waals surface area contributed by atoms with Crippen LogP contribution >= 0.6 is 0 Å². The molecule has 1 aliphatic heterocycles. The minimum absolute atomic E-state index is 0.835. The molecule has 4 heteroatoms. The summed E-state index contributed by atoms with van der Waals surface area (Å²) in [6.45, 7) is 0. The minimum Gasteiger partial charge on any atom is -0.231 e. The fraction of sp³-hybridized carbons (Fsp3) is 0. The number of aromatic nitrogens is 2. The second-order valence-corrected chi connectivity index (χ2v) is 3.38. The van der Waals surface area contributed by atoms with Crippen LogP contribution in [0.15, 0.2) is 60.0 Å². The van der Waals surface area contributed by atoms with Crippen molar-refractivity contribution in [1.29, 1.82) is 0 Å². The molecule has 0 fully saturated rings.